The van der Waals surface area contributed by atoms with Crippen molar-refractivity contribution in [2.24, 2.45) is 0 Å². The summed E-state index contributed by atoms with van der Waals surface area (Å²) in [6, 6.07) is 16.5. The first-order valence-electron chi connectivity index (χ1n) is 4.87. The minimum absolute atomic E-state index is 0.00704. The highest BCUT2D eigenvalue weighted by Crippen LogP contribution is 2.24. The Labute approximate surface area is 93.6 Å². The third-order valence-corrected chi connectivity index (χ3v) is 3.31. The van der Waals surface area contributed by atoms with E-state index >= 15 is 0 Å². The molecule has 1 nitrogen and oxygen atoms in total. The standard InChI is InChI=1S/C13H11NS/c14-10-12(13-7-4-8-15-13)9-11-5-2-1-3-6-11/h1-8,12H,9H2. The molecule has 2 rings (SSSR count). The number of nitrogens with zero attached hydrogens (tertiary/aromatic N) is 1. The molecule has 1 atom stereocenters. The van der Waals surface area contributed by atoms with E-state index in [-0.39, 0.29) is 5.92 Å². The first-order valence-corrected chi connectivity index (χ1v) is 5.75. The first kappa shape index (κ1) is 9.95. The molecule has 2 aromatic rings. The van der Waals surface area contributed by atoms with E-state index in [1.807, 2.05) is 35.7 Å². The molecule has 0 amide bonds. The molecule has 1 heterocycles. The summed E-state index contributed by atoms with van der Waals surface area (Å²) in [5, 5.41) is 11.1. The summed E-state index contributed by atoms with van der Waals surface area (Å²) in [5.74, 6) is -0.00704. The van der Waals surface area contributed by atoms with Crippen LogP contribution in [0.5, 0.6) is 0 Å². The van der Waals surface area contributed by atoms with Crippen LogP contribution >= 0.6 is 11.3 Å². The molecule has 74 valence electrons. The lowest BCUT2D eigenvalue weighted by Crippen LogP contribution is -1.97. The minimum Gasteiger partial charge on any atom is -0.198 e. The van der Waals surface area contributed by atoms with Crippen LogP contribution in [0, 0.1) is 11.3 Å². The van der Waals surface area contributed by atoms with Gasteiger partial charge in [0.2, 0.25) is 0 Å². The number of thiophene rings is 1. The largest absolute Gasteiger partial charge is 0.198 e. The molecule has 0 fully saturated rings. The zero-order valence-corrected chi connectivity index (χ0v) is 9.08. The summed E-state index contributed by atoms with van der Waals surface area (Å²) >= 11 is 1.65. The minimum atomic E-state index is -0.00704. The van der Waals surface area contributed by atoms with E-state index in [0.717, 1.165) is 11.3 Å². The van der Waals surface area contributed by atoms with Crippen LogP contribution in [0.2, 0.25) is 0 Å². The first-order chi connectivity index (χ1) is 7.40. The van der Waals surface area contributed by atoms with E-state index in [2.05, 4.69) is 18.2 Å². The average Bonchev–Trinajstić information content (AvgIpc) is 2.81. The van der Waals surface area contributed by atoms with E-state index in [1.54, 1.807) is 11.3 Å². The molecule has 15 heavy (non-hydrogen) atoms. The van der Waals surface area contributed by atoms with Gasteiger partial charge in [0, 0.05) is 4.88 Å². The topological polar surface area (TPSA) is 23.8 Å². The van der Waals surface area contributed by atoms with E-state index in [9.17, 15) is 0 Å². The summed E-state index contributed by atoms with van der Waals surface area (Å²) in [7, 11) is 0. The molecule has 0 aliphatic carbocycles. The second kappa shape index (κ2) is 4.77. The summed E-state index contributed by atoms with van der Waals surface area (Å²) in [5.41, 5.74) is 1.22. The van der Waals surface area contributed by atoms with Gasteiger partial charge >= 0.3 is 0 Å². The van der Waals surface area contributed by atoms with Crippen LogP contribution in [0.15, 0.2) is 47.8 Å². The molecular formula is C13H11NS. The fraction of sp³-hybridized carbons (Fsp3) is 0.154. The van der Waals surface area contributed by atoms with Crippen LogP contribution in [-0.4, -0.2) is 0 Å². The summed E-state index contributed by atoms with van der Waals surface area (Å²) in [6.07, 6.45) is 0.803. The number of rotatable bonds is 3. The van der Waals surface area contributed by atoms with Crippen LogP contribution < -0.4 is 0 Å². The fourth-order valence-electron chi connectivity index (χ4n) is 1.55. The van der Waals surface area contributed by atoms with Gasteiger partial charge in [0.05, 0.1) is 12.0 Å². The Balaban J connectivity index is 2.14. The molecular weight excluding hydrogens is 202 g/mol. The van der Waals surface area contributed by atoms with E-state index in [4.69, 9.17) is 5.26 Å². The van der Waals surface area contributed by atoms with Gasteiger partial charge < -0.3 is 0 Å². The number of hydrogen-bond donors (Lipinski definition) is 0. The molecule has 0 aliphatic heterocycles. The van der Waals surface area contributed by atoms with Gasteiger partial charge in [0.15, 0.2) is 0 Å². The molecule has 0 bridgehead atoms. The van der Waals surface area contributed by atoms with Crippen molar-refractivity contribution in [2.75, 3.05) is 0 Å². The molecule has 0 spiro atoms. The Kier molecular flexibility index (Phi) is 3.16. The smallest absolute Gasteiger partial charge is 0.0846 e. The van der Waals surface area contributed by atoms with Gasteiger partial charge in [-0.05, 0) is 23.4 Å². The predicted octanol–water partition coefficient (Wildman–Crippen LogP) is 3.60. The van der Waals surface area contributed by atoms with Gasteiger partial charge in [0.1, 0.15) is 0 Å². The second-order valence-electron chi connectivity index (χ2n) is 3.39. The van der Waals surface area contributed by atoms with Gasteiger partial charge in [0.25, 0.3) is 0 Å². The number of benzene rings is 1. The number of hydrogen-bond acceptors (Lipinski definition) is 2. The fourth-order valence-corrected chi connectivity index (χ4v) is 2.32. The second-order valence-corrected chi connectivity index (χ2v) is 4.37. The lowest BCUT2D eigenvalue weighted by atomic mass is 9.99. The van der Waals surface area contributed by atoms with Crippen LogP contribution in [0.1, 0.15) is 16.4 Å². The third kappa shape index (κ3) is 2.45. The quantitative estimate of drug-likeness (QED) is 0.764. The Hall–Kier alpha value is -1.59. The van der Waals surface area contributed by atoms with Gasteiger partial charge in [-0.15, -0.1) is 11.3 Å². The van der Waals surface area contributed by atoms with E-state index < -0.39 is 0 Å². The Morgan fingerprint density at radius 2 is 1.93 bits per heavy atom. The van der Waals surface area contributed by atoms with E-state index in [1.165, 1.54) is 5.56 Å². The Morgan fingerprint density at radius 1 is 1.13 bits per heavy atom. The molecule has 2 heteroatoms. The van der Waals surface area contributed by atoms with E-state index in [0.29, 0.717) is 0 Å². The summed E-state index contributed by atoms with van der Waals surface area (Å²) in [4.78, 5) is 1.15. The molecule has 0 aliphatic rings. The highest BCUT2D eigenvalue weighted by atomic mass is 32.1. The van der Waals surface area contributed by atoms with Crippen molar-refractivity contribution < 1.29 is 0 Å². The van der Waals surface area contributed by atoms with Crippen molar-refractivity contribution in [3.8, 4) is 6.07 Å². The highest BCUT2D eigenvalue weighted by molar-refractivity contribution is 7.10. The normalized spacial score (nSPS) is 11.9. The SMILES string of the molecule is N#CC(Cc1ccccc1)c1cccs1. The van der Waals surface area contributed by atoms with Crippen molar-refractivity contribution in [2.45, 2.75) is 12.3 Å². The van der Waals surface area contributed by atoms with Gasteiger partial charge in [-0.25, -0.2) is 0 Å². The lowest BCUT2D eigenvalue weighted by Gasteiger charge is -2.06. The van der Waals surface area contributed by atoms with Gasteiger partial charge in [-0.3, -0.25) is 0 Å². The van der Waals surface area contributed by atoms with Crippen LogP contribution in [0.25, 0.3) is 0 Å². The average molecular weight is 213 g/mol. The Morgan fingerprint density at radius 3 is 2.53 bits per heavy atom. The zero-order chi connectivity index (χ0) is 10.5. The Bertz CT molecular complexity index is 439. The van der Waals surface area contributed by atoms with Crippen LogP contribution in [0.4, 0.5) is 0 Å². The predicted molar refractivity (Wildman–Crippen MR) is 62.8 cm³/mol. The highest BCUT2D eigenvalue weighted by Gasteiger charge is 2.11. The van der Waals surface area contributed by atoms with Crippen molar-refractivity contribution >= 4 is 11.3 Å². The van der Waals surface area contributed by atoms with Gasteiger partial charge in [-0.1, -0.05) is 36.4 Å². The molecule has 1 aromatic heterocycles. The van der Waals surface area contributed by atoms with Crippen molar-refractivity contribution in [1.29, 1.82) is 5.26 Å². The van der Waals surface area contributed by atoms with Crippen molar-refractivity contribution in [3.05, 3.63) is 58.3 Å². The molecule has 0 saturated heterocycles. The third-order valence-electron chi connectivity index (χ3n) is 2.33. The van der Waals surface area contributed by atoms with Crippen LogP contribution in [0.3, 0.4) is 0 Å². The maximum atomic E-state index is 9.12. The molecule has 1 aromatic carbocycles. The zero-order valence-electron chi connectivity index (χ0n) is 8.26. The summed E-state index contributed by atoms with van der Waals surface area (Å²) < 4.78 is 0. The van der Waals surface area contributed by atoms with Crippen molar-refractivity contribution in [1.82, 2.24) is 0 Å². The monoisotopic (exact) mass is 213 g/mol. The lowest BCUT2D eigenvalue weighted by molar-refractivity contribution is 0.867. The molecule has 0 saturated carbocycles. The summed E-state index contributed by atoms with van der Waals surface area (Å²) in [6.45, 7) is 0. The molecule has 1 unspecified atom stereocenters. The maximum Gasteiger partial charge on any atom is 0.0846 e. The number of nitriles is 1. The maximum absolute atomic E-state index is 9.12. The van der Waals surface area contributed by atoms with Crippen molar-refractivity contribution in [3.63, 3.8) is 0 Å². The van der Waals surface area contributed by atoms with Gasteiger partial charge in [-0.2, -0.15) is 5.26 Å². The molecule has 0 radical (unpaired) electrons. The van der Waals surface area contributed by atoms with Crippen LogP contribution in [-0.2, 0) is 6.42 Å². The molecule has 0 N–H and O–H groups in total.